The van der Waals surface area contributed by atoms with E-state index < -0.39 is 5.82 Å². The van der Waals surface area contributed by atoms with Crippen LogP contribution in [-0.4, -0.2) is 43.2 Å². The largest absolute Gasteiger partial charge is 0.337 e. The summed E-state index contributed by atoms with van der Waals surface area (Å²) in [7, 11) is 1.87. The number of piperidine rings is 1. The minimum absolute atomic E-state index is 0.0340. The van der Waals surface area contributed by atoms with Crippen LogP contribution in [0.15, 0.2) is 48.8 Å². The van der Waals surface area contributed by atoms with E-state index in [1.807, 2.05) is 36.2 Å². The van der Waals surface area contributed by atoms with Crippen molar-refractivity contribution in [3.8, 4) is 23.1 Å². The Bertz CT molecular complexity index is 1370. The Hall–Kier alpha value is -3.99. The van der Waals surface area contributed by atoms with Gasteiger partial charge in [0.25, 0.3) is 5.91 Å². The smallest absolute Gasteiger partial charge is 0.274 e. The van der Waals surface area contributed by atoms with Gasteiger partial charge in [0.2, 0.25) is 0 Å². The van der Waals surface area contributed by atoms with E-state index in [9.17, 15) is 9.18 Å². The summed E-state index contributed by atoms with van der Waals surface area (Å²) in [4.78, 5) is 19.6. The van der Waals surface area contributed by atoms with Gasteiger partial charge in [-0.25, -0.2) is 9.37 Å². The van der Waals surface area contributed by atoms with Crippen LogP contribution in [0.5, 0.6) is 0 Å². The maximum atomic E-state index is 14.4. The molecule has 0 saturated carbocycles. The molecular weight excluding hydrogens is 407 g/mol. The average Bonchev–Trinajstić information content (AvgIpc) is 3.43. The molecule has 1 fully saturated rings. The molecule has 8 heteroatoms. The van der Waals surface area contributed by atoms with E-state index >= 15 is 0 Å². The number of rotatable bonds is 3. The molecule has 32 heavy (non-hydrogen) atoms. The van der Waals surface area contributed by atoms with Crippen molar-refractivity contribution in [2.24, 2.45) is 7.05 Å². The quantitative estimate of drug-likeness (QED) is 0.493. The third-order valence-electron chi connectivity index (χ3n) is 5.92. The van der Waals surface area contributed by atoms with Crippen LogP contribution < -0.4 is 0 Å². The number of nitriles is 1. The summed E-state index contributed by atoms with van der Waals surface area (Å²) in [5.74, 6) is -0.301. The predicted molar refractivity (Wildman–Crippen MR) is 118 cm³/mol. The molecule has 0 bridgehead atoms. The summed E-state index contributed by atoms with van der Waals surface area (Å²) in [6, 6.07) is 12.0. The maximum absolute atomic E-state index is 14.4. The molecule has 7 nitrogen and oxygen atoms in total. The fourth-order valence-corrected chi connectivity index (χ4v) is 4.19. The van der Waals surface area contributed by atoms with Crippen molar-refractivity contribution in [2.45, 2.75) is 19.3 Å². The Kier molecular flexibility index (Phi) is 4.94. The first-order chi connectivity index (χ1) is 15.5. The number of nitrogens with zero attached hydrogens (tertiary/aromatic N) is 6. The Labute approximate surface area is 184 Å². The standard InChI is InChI=1S/C24H21FN6O/c1-29-22-8-7-19(11-18(22)14-27-29)31-15-21(24(32)30-9-3-2-4-10-30)28-23(31)16-5-6-17(13-26)20(25)12-16/h5-8,11-12,14-15H,2-4,9-10H2,1H3. The van der Waals surface area contributed by atoms with Crippen LogP contribution >= 0.6 is 0 Å². The number of likely N-dealkylation sites (tertiary alicyclic amines) is 1. The highest BCUT2D eigenvalue weighted by atomic mass is 19.1. The number of hydrogen-bond acceptors (Lipinski definition) is 4. The molecule has 2 aromatic heterocycles. The Morgan fingerprint density at radius 3 is 2.69 bits per heavy atom. The van der Waals surface area contributed by atoms with Crippen molar-refractivity contribution in [2.75, 3.05) is 13.1 Å². The van der Waals surface area contributed by atoms with Gasteiger partial charge < -0.3 is 4.90 Å². The molecule has 1 saturated heterocycles. The van der Waals surface area contributed by atoms with Crippen molar-refractivity contribution < 1.29 is 9.18 Å². The number of carbonyl (C=O) groups is 1. The van der Waals surface area contributed by atoms with E-state index in [2.05, 4.69) is 10.1 Å². The molecule has 2 aromatic carbocycles. The minimum atomic E-state index is -0.619. The van der Waals surface area contributed by atoms with Crippen molar-refractivity contribution in [3.05, 3.63) is 65.9 Å². The van der Waals surface area contributed by atoms with E-state index in [0.29, 0.717) is 30.2 Å². The highest BCUT2D eigenvalue weighted by molar-refractivity contribution is 5.93. The Balaban J connectivity index is 1.64. The fraction of sp³-hybridized carbons (Fsp3) is 0.250. The second-order valence-electron chi connectivity index (χ2n) is 7.99. The van der Waals surface area contributed by atoms with Gasteiger partial charge in [-0.15, -0.1) is 0 Å². The van der Waals surface area contributed by atoms with Gasteiger partial charge in [0.05, 0.1) is 17.3 Å². The Morgan fingerprint density at radius 1 is 1.12 bits per heavy atom. The summed E-state index contributed by atoms with van der Waals surface area (Å²) in [5, 5.41) is 14.3. The number of amides is 1. The zero-order valence-corrected chi connectivity index (χ0v) is 17.6. The second-order valence-corrected chi connectivity index (χ2v) is 7.99. The van der Waals surface area contributed by atoms with Crippen molar-refractivity contribution in [1.82, 2.24) is 24.2 Å². The van der Waals surface area contributed by atoms with E-state index in [1.165, 1.54) is 12.1 Å². The summed E-state index contributed by atoms with van der Waals surface area (Å²) in [6.07, 6.45) is 6.57. The van der Waals surface area contributed by atoms with Gasteiger partial charge in [0, 0.05) is 43.0 Å². The van der Waals surface area contributed by atoms with Gasteiger partial charge in [0.15, 0.2) is 0 Å². The predicted octanol–water partition coefficient (Wildman–Crippen LogP) is 4.06. The maximum Gasteiger partial charge on any atom is 0.274 e. The van der Waals surface area contributed by atoms with Crippen molar-refractivity contribution >= 4 is 16.8 Å². The molecule has 1 amide bonds. The highest BCUT2D eigenvalue weighted by Gasteiger charge is 2.23. The number of benzene rings is 2. The molecule has 1 aliphatic heterocycles. The SMILES string of the molecule is Cn1ncc2cc(-n3cc(C(=O)N4CCCCC4)nc3-c3ccc(C#N)c(F)c3)ccc21. The van der Waals surface area contributed by atoms with Gasteiger partial charge in [-0.3, -0.25) is 14.0 Å². The van der Waals surface area contributed by atoms with E-state index in [1.54, 1.807) is 27.7 Å². The van der Waals surface area contributed by atoms with Gasteiger partial charge in [-0.2, -0.15) is 10.4 Å². The van der Waals surface area contributed by atoms with E-state index in [0.717, 1.165) is 35.9 Å². The van der Waals surface area contributed by atoms with Crippen LogP contribution in [0, 0.1) is 17.1 Å². The number of hydrogen-bond donors (Lipinski definition) is 0. The molecule has 5 rings (SSSR count). The molecule has 0 atom stereocenters. The van der Waals surface area contributed by atoms with Gasteiger partial charge in [-0.05, 0) is 55.7 Å². The van der Waals surface area contributed by atoms with E-state index in [4.69, 9.17) is 5.26 Å². The normalized spacial score (nSPS) is 14.0. The highest BCUT2D eigenvalue weighted by Crippen LogP contribution is 2.27. The minimum Gasteiger partial charge on any atom is -0.337 e. The fourth-order valence-electron chi connectivity index (χ4n) is 4.19. The first-order valence-electron chi connectivity index (χ1n) is 10.6. The molecule has 0 unspecified atom stereocenters. The molecule has 1 aliphatic rings. The van der Waals surface area contributed by atoms with Crippen LogP contribution in [0.3, 0.4) is 0 Å². The van der Waals surface area contributed by atoms with Gasteiger partial charge in [-0.1, -0.05) is 0 Å². The lowest BCUT2D eigenvalue weighted by molar-refractivity contribution is 0.0719. The van der Waals surface area contributed by atoms with Crippen molar-refractivity contribution in [3.63, 3.8) is 0 Å². The average molecular weight is 428 g/mol. The zero-order valence-electron chi connectivity index (χ0n) is 17.6. The first-order valence-corrected chi connectivity index (χ1v) is 10.6. The lowest BCUT2D eigenvalue weighted by atomic mass is 10.1. The van der Waals surface area contributed by atoms with Crippen LogP contribution in [0.2, 0.25) is 0 Å². The number of aromatic nitrogens is 4. The molecule has 3 heterocycles. The lowest BCUT2D eigenvalue weighted by Crippen LogP contribution is -2.35. The van der Waals surface area contributed by atoms with Crippen molar-refractivity contribution in [1.29, 1.82) is 5.26 Å². The molecule has 160 valence electrons. The van der Waals surface area contributed by atoms with Crippen LogP contribution in [0.4, 0.5) is 4.39 Å². The number of aryl methyl sites for hydroxylation is 1. The van der Waals surface area contributed by atoms with Crippen LogP contribution in [0.1, 0.15) is 35.3 Å². The second kappa shape index (κ2) is 7.93. The first kappa shape index (κ1) is 19.9. The molecule has 0 radical (unpaired) electrons. The topological polar surface area (TPSA) is 79.7 Å². The zero-order chi connectivity index (χ0) is 22.2. The molecule has 0 spiro atoms. The number of fused-ring (bicyclic) bond motifs is 1. The number of carbonyl (C=O) groups excluding carboxylic acids is 1. The van der Waals surface area contributed by atoms with Gasteiger partial charge in [0.1, 0.15) is 23.4 Å². The Morgan fingerprint density at radius 2 is 1.94 bits per heavy atom. The molecule has 4 aromatic rings. The lowest BCUT2D eigenvalue weighted by Gasteiger charge is -2.25. The number of imidazole rings is 1. The molecule has 0 N–H and O–H groups in total. The third-order valence-corrected chi connectivity index (χ3v) is 5.92. The molecule has 0 aliphatic carbocycles. The van der Waals surface area contributed by atoms with E-state index in [-0.39, 0.29) is 11.5 Å². The molecular formula is C24H21FN6O. The monoisotopic (exact) mass is 428 g/mol. The summed E-state index contributed by atoms with van der Waals surface area (Å²) in [5.41, 5.74) is 2.54. The van der Waals surface area contributed by atoms with Crippen LogP contribution in [0.25, 0.3) is 28.0 Å². The van der Waals surface area contributed by atoms with Gasteiger partial charge >= 0.3 is 0 Å². The van der Waals surface area contributed by atoms with Crippen LogP contribution in [-0.2, 0) is 7.05 Å². The summed E-state index contributed by atoms with van der Waals surface area (Å²) in [6.45, 7) is 1.43. The summed E-state index contributed by atoms with van der Waals surface area (Å²) < 4.78 is 18.0. The number of halogens is 1. The summed E-state index contributed by atoms with van der Waals surface area (Å²) >= 11 is 0. The third kappa shape index (κ3) is 3.42.